The van der Waals surface area contributed by atoms with Gasteiger partial charge in [-0.2, -0.15) is 4.31 Å². The summed E-state index contributed by atoms with van der Waals surface area (Å²) < 4.78 is 27.9. The smallest absolute Gasteiger partial charge is 0.243 e. The molecule has 1 aromatic rings. The molecule has 0 atom stereocenters. The van der Waals surface area contributed by atoms with Gasteiger partial charge in [-0.3, -0.25) is 0 Å². The van der Waals surface area contributed by atoms with E-state index in [0.29, 0.717) is 18.0 Å². The zero-order valence-corrected chi connectivity index (χ0v) is 17.6. The van der Waals surface area contributed by atoms with Gasteiger partial charge in [0.25, 0.3) is 0 Å². The van der Waals surface area contributed by atoms with E-state index in [1.807, 2.05) is 19.2 Å². The highest BCUT2D eigenvalue weighted by Crippen LogP contribution is 2.21. The summed E-state index contributed by atoms with van der Waals surface area (Å²) in [4.78, 5) is 4.66. The number of likely N-dealkylation sites (N-methyl/N-ethyl adjacent to an activating group) is 1. The van der Waals surface area contributed by atoms with Gasteiger partial charge in [0, 0.05) is 45.0 Å². The number of sulfonamides is 1. The van der Waals surface area contributed by atoms with Gasteiger partial charge in [0.05, 0.1) is 4.90 Å². The first kappa shape index (κ1) is 20.6. The lowest BCUT2D eigenvalue weighted by Crippen LogP contribution is -2.46. The first-order chi connectivity index (χ1) is 11.9. The molecule has 0 bridgehead atoms. The van der Waals surface area contributed by atoms with Crippen LogP contribution < -0.4 is 0 Å². The van der Waals surface area contributed by atoms with E-state index in [0.717, 1.165) is 41.8 Å². The summed E-state index contributed by atoms with van der Waals surface area (Å²) >= 11 is 7.06. The van der Waals surface area contributed by atoms with Crippen LogP contribution in [0.2, 0.25) is 0 Å². The van der Waals surface area contributed by atoms with E-state index in [-0.39, 0.29) is 0 Å². The van der Waals surface area contributed by atoms with Crippen molar-refractivity contribution >= 4 is 38.3 Å². The molecule has 1 fully saturated rings. The van der Waals surface area contributed by atoms with Crippen LogP contribution in [0.3, 0.4) is 0 Å². The van der Waals surface area contributed by atoms with Gasteiger partial charge in [0.15, 0.2) is 0 Å². The molecule has 0 saturated carbocycles. The lowest BCUT2D eigenvalue weighted by atomic mass is 10.2. The van der Waals surface area contributed by atoms with E-state index in [2.05, 4.69) is 23.6 Å². The van der Waals surface area contributed by atoms with Crippen molar-refractivity contribution in [3.05, 3.63) is 29.8 Å². The van der Waals surface area contributed by atoms with Gasteiger partial charge in [-0.05, 0) is 38.6 Å². The lowest BCUT2D eigenvalue weighted by Gasteiger charge is -2.31. The van der Waals surface area contributed by atoms with Gasteiger partial charge >= 0.3 is 0 Å². The Bertz CT molecular complexity index is 665. The summed E-state index contributed by atoms with van der Waals surface area (Å²) in [5, 5.41) is 0. The van der Waals surface area contributed by atoms with Crippen molar-refractivity contribution in [1.29, 1.82) is 0 Å². The van der Waals surface area contributed by atoms with E-state index in [9.17, 15) is 8.42 Å². The molecule has 1 aliphatic rings. The first-order valence-corrected chi connectivity index (χ1v) is 11.4. The van der Waals surface area contributed by atoms with Crippen LogP contribution in [0.5, 0.6) is 0 Å². The van der Waals surface area contributed by atoms with Crippen LogP contribution in [-0.2, 0) is 15.8 Å². The van der Waals surface area contributed by atoms with Crippen molar-refractivity contribution in [1.82, 2.24) is 14.1 Å². The minimum atomic E-state index is -3.39. The number of nitrogens with zero attached hydrogens (tertiary/aromatic N) is 3. The van der Waals surface area contributed by atoms with Crippen LogP contribution in [0.15, 0.2) is 29.2 Å². The Balaban J connectivity index is 1.98. The molecule has 1 aromatic carbocycles. The van der Waals surface area contributed by atoms with E-state index in [4.69, 9.17) is 12.2 Å². The van der Waals surface area contributed by atoms with Crippen LogP contribution in [0, 0.1) is 0 Å². The van der Waals surface area contributed by atoms with Gasteiger partial charge in [0.1, 0.15) is 4.32 Å². The van der Waals surface area contributed by atoms with Gasteiger partial charge in [0.2, 0.25) is 10.0 Å². The Morgan fingerprint density at radius 3 is 2.20 bits per heavy atom. The van der Waals surface area contributed by atoms with Crippen molar-refractivity contribution in [2.24, 2.45) is 0 Å². The van der Waals surface area contributed by atoms with Crippen molar-refractivity contribution in [2.45, 2.75) is 24.5 Å². The van der Waals surface area contributed by atoms with Crippen LogP contribution >= 0.6 is 24.0 Å². The van der Waals surface area contributed by atoms with Gasteiger partial charge in [-0.15, -0.1) is 0 Å². The largest absolute Gasteiger partial charge is 0.358 e. The number of hydrogen-bond donors (Lipinski definition) is 0. The predicted molar refractivity (Wildman–Crippen MR) is 110 cm³/mol. The fourth-order valence-electron chi connectivity index (χ4n) is 2.65. The number of piperazine rings is 1. The molecule has 0 unspecified atom stereocenters. The maximum Gasteiger partial charge on any atom is 0.243 e. The quantitative estimate of drug-likeness (QED) is 0.683. The Labute approximate surface area is 161 Å². The topological polar surface area (TPSA) is 43.9 Å². The average molecular weight is 402 g/mol. The molecular formula is C17H27N3O2S3. The molecule has 0 aliphatic carbocycles. The zero-order valence-electron chi connectivity index (χ0n) is 15.1. The first-order valence-electron chi connectivity index (χ1n) is 8.57. The number of benzene rings is 1. The molecular weight excluding hydrogens is 374 g/mol. The van der Waals surface area contributed by atoms with Crippen molar-refractivity contribution < 1.29 is 8.42 Å². The molecule has 0 N–H and O–H groups in total. The van der Waals surface area contributed by atoms with Crippen LogP contribution in [0.1, 0.15) is 19.4 Å². The third-order valence-electron chi connectivity index (χ3n) is 4.41. The molecule has 5 nitrogen and oxygen atoms in total. The fourth-order valence-corrected chi connectivity index (χ4v) is 5.43. The Morgan fingerprint density at radius 1 is 1.12 bits per heavy atom. The standard InChI is InChI=1S/C17H27N3O2S3/c1-4-19(5-2)17(23)24-14-15-6-8-16(9-7-15)25(21,22)20-12-10-18(3)11-13-20/h6-9H,4-5,10-14H2,1-3H3. The highest BCUT2D eigenvalue weighted by Gasteiger charge is 2.27. The molecule has 0 radical (unpaired) electrons. The third-order valence-corrected chi connectivity index (χ3v) is 7.91. The molecule has 2 rings (SSSR count). The minimum absolute atomic E-state index is 0.372. The maximum atomic E-state index is 12.7. The molecule has 0 aromatic heterocycles. The predicted octanol–water partition coefficient (Wildman–Crippen LogP) is 2.48. The van der Waals surface area contributed by atoms with Gasteiger partial charge in [-0.25, -0.2) is 8.42 Å². The molecule has 1 aliphatic heterocycles. The SMILES string of the molecule is CCN(CC)C(=S)SCc1ccc(S(=O)(=O)N2CCN(C)CC2)cc1. The molecule has 0 spiro atoms. The van der Waals surface area contributed by atoms with Gasteiger partial charge in [-0.1, -0.05) is 36.1 Å². The number of rotatable bonds is 6. The van der Waals surface area contributed by atoms with E-state index < -0.39 is 10.0 Å². The van der Waals surface area contributed by atoms with E-state index in [1.54, 1.807) is 28.2 Å². The van der Waals surface area contributed by atoms with E-state index >= 15 is 0 Å². The summed E-state index contributed by atoms with van der Waals surface area (Å²) in [7, 11) is -1.38. The second kappa shape index (κ2) is 9.32. The number of hydrogen-bond acceptors (Lipinski definition) is 5. The highest BCUT2D eigenvalue weighted by molar-refractivity contribution is 8.22. The fraction of sp³-hybridized carbons (Fsp3) is 0.588. The van der Waals surface area contributed by atoms with E-state index in [1.165, 1.54) is 0 Å². The summed E-state index contributed by atoms with van der Waals surface area (Å²) in [6.07, 6.45) is 0. The molecule has 1 saturated heterocycles. The Kier molecular flexibility index (Phi) is 7.69. The van der Waals surface area contributed by atoms with Crippen LogP contribution in [0.25, 0.3) is 0 Å². The summed E-state index contributed by atoms with van der Waals surface area (Å²) in [6, 6.07) is 7.20. The molecule has 8 heteroatoms. The van der Waals surface area contributed by atoms with Gasteiger partial charge < -0.3 is 9.80 Å². The molecule has 1 heterocycles. The lowest BCUT2D eigenvalue weighted by molar-refractivity contribution is 0.222. The second-order valence-corrected chi connectivity index (χ2v) is 9.63. The third kappa shape index (κ3) is 5.40. The summed E-state index contributed by atoms with van der Waals surface area (Å²) in [5.74, 6) is 0.754. The second-order valence-electron chi connectivity index (χ2n) is 6.08. The number of thiocarbonyl (C=S) groups is 1. The van der Waals surface area contributed by atoms with Crippen molar-refractivity contribution in [3.8, 4) is 0 Å². The number of thioether (sulfide) groups is 1. The summed E-state index contributed by atoms with van der Waals surface area (Å²) in [5.41, 5.74) is 1.08. The molecule has 25 heavy (non-hydrogen) atoms. The van der Waals surface area contributed by atoms with Crippen LogP contribution in [-0.4, -0.2) is 73.2 Å². The average Bonchev–Trinajstić information content (AvgIpc) is 2.61. The Hall–Kier alpha value is -0.670. The molecule has 0 amide bonds. The van der Waals surface area contributed by atoms with Crippen LogP contribution in [0.4, 0.5) is 0 Å². The van der Waals surface area contributed by atoms with Crippen molar-refractivity contribution in [2.75, 3.05) is 46.3 Å². The monoisotopic (exact) mass is 401 g/mol. The maximum absolute atomic E-state index is 12.7. The minimum Gasteiger partial charge on any atom is -0.358 e. The molecule has 140 valence electrons. The normalized spacial score (nSPS) is 16.8. The Morgan fingerprint density at radius 2 is 1.68 bits per heavy atom. The summed E-state index contributed by atoms with van der Waals surface area (Å²) in [6.45, 7) is 8.65. The zero-order chi connectivity index (χ0) is 18.4. The van der Waals surface area contributed by atoms with Crippen molar-refractivity contribution in [3.63, 3.8) is 0 Å². The highest BCUT2D eigenvalue weighted by atomic mass is 32.2.